The van der Waals surface area contributed by atoms with Gasteiger partial charge in [-0.25, -0.2) is 9.59 Å². The van der Waals surface area contributed by atoms with Gasteiger partial charge in [-0.1, -0.05) is 0 Å². The fraction of sp³-hybridized carbons (Fsp3) is 0.846. The van der Waals surface area contributed by atoms with E-state index in [9.17, 15) is 9.59 Å². The Morgan fingerprint density at radius 1 is 1.28 bits per heavy atom. The first kappa shape index (κ1) is 13.2. The Hall–Kier alpha value is -1.26. The smallest absolute Gasteiger partial charge is 0.411 e. The molecule has 0 aromatic rings. The third-order valence-electron chi connectivity index (χ3n) is 3.42. The van der Waals surface area contributed by atoms with Crippen molar-refractivity contribution in [3.05, 3.63) is 0 Å². The van der Waals surface area contributed by atoms with Gasteiger partial charge in [0.2, 0.25) is 0 Å². The van der Waals surface area contributed by atoms with Gasteiger partial charge in [-0.05, 0) is 46.5 Å². The monoisotopic (exact) mass is 255 g/mol. The number of nitrogens with zero attached hydrogens (tertiary/aromatic N) is 1. The highest BCUT2D eigenvalue weighted by atomic mass is 16.6. The second kappa shape index (κ2) is 4.44. The number of rotatable bonds is 2. The van der Waals surface area contributed by atoms with Gasteiger partial charge in [0.05, 0.1) is 6.61 Å². The van der Waals surface area contributed by atoms with Crippen molar-refractivity contribution in [1.29, 1.82) is 0 Å². The topological polar surface area (TPSA) is 55.8 Å². The zero-order valence-electron chi connectivity index (χ0n) is 11.4. The van der Waals surface area contributed by atoms with Crippen molar-refractivity contribution in [3.8, 4) is 0 Å². The molecule has 1 aliphatic carbocycles. The summed E-state index contributed by atoms with van der Waals surface area (Å²) in [6.45, 7) is 7.59. The minimum Gasteiger partial charge on any atom is -0.464 e. The van der Waals surface area contributed by atoms with E-state index in [0.717, 1.165) is 12.8 Å². The van der Waals surface area contributed by atoms with Crippen LogP contribution >= 0.6 is 0 Å². The summed E-state index contributed by atoms with van der Waals surface area (Å²) in [6, 6.07) is -0.288. The first-order chi connectivity index (χ1) is 8.33. The van der Waals surface area contributed by atoms with Gasteiger partial charge in [-0.3, -0.25) is 4.90 Å². The Kier molecular flexibility index (Phi) is 3.25. The van der Waals surface area contributed by atoms with Crippen molar-refractivity contribution in [2.24, 2.45) is 5.92 Å². The Bertz CT molecular complexity index is 354. The predicted molar refractivity (Wildman–Crippen MR) is 65.0 cm³/mol. The first-order valence-corrected chi connectivity index (χ1v) is 6.51. The SMILES string of the molecule is CCOC(=O)C1C2CC(C2)N1C(=O)OC(C)(C)C. The van der Waals surface area contributed by atoms with E-state index in [1.807, 2.05) is 20.8 Å². The average molecular weight is 255 g/mol. The van der Waals surface area contributed by atoms with Crippen molar-refractivity contribution < 1.29 is 19.1 Å². The molecular weight excluding hydrogens is 234 g/mol. The summed E-state index contributed by atoms with van der Waals surface area (Å²) in [5.74, 6) is -0.0464. The van der Waals surface area contributed by atoms with Crippen molar-refractivity contribution in [2.75, 3.05) is 6.61 Å². The van der Waals surface area contributed by atoms with Crippen molar-refractivity contribution >= 4 is 12.1 Å². The molecule has 0 aromatic heterocycles. The number of carbonyl (C=O) groups excluding carboxylic acids is 2. The van der Waals surface area contributed by atoms with E-state index in [1.54, 1.807) is 11.8 Å². The lowest BCUT2D eigenvalue weighted by atomic mass is 9.83. The third-order valence-corrected chi connectivity index (χ3v) is 3.42. The molecule has 3 fully saturated rings. The van der Waals surface area contributed by atoms with E-state index in [-0.39, 0.29) is 17.9 Å². The Morgan fingerprint density at radius 2 is 1.89 bits per heavy atom. The molecule has 2 bridgehead atoms. The summed E-state index contributed by atoms with van der Waals surface area (Å²) in [6.07, 6.45) is 1.39. The largest absolute Gasteiger partial charge is 0.464 e. The number of amides is 1. The molecule has 1 amide bonds. The maximum absolute atomic E-state index is 12.1. The van der Waals surface area contributed by atoms with E-state index in [0.29, 0.717) is 6.61 Å². The lowest BCUT2D eigenvalue weighted by Crippen LogP contribution is -2.44. The molecule has 0 N–H and O–H groups in total. The van der Waals surface area contributed by atoms with Gasteiger partial charge in [0.1, 0.15) is 11.6 Å². The lowest BCUT2D eigenvalue weighted by molar-refractivity contribution is -0.148. The number of hydrogen-bond acceptors (Lipinski definition) is 4. The number of fused-ring (bicyclic) bond motifs is 1. The van der Waals surface area contributed by atoms with E-state index in [4.69, 9.17) is 9.47 Å². The second-order valence-electron chi connectivity index (χ2n) is 5.97. The molecule has 1 saturated carbocycles. The molecule has 3 rings (SSSR count). The molecule has 18 heavy (non-hydrogen) atoms. The summed E-state index contributed by atoms with van der Waals surface area (Å²) in [5.41, 5.74) is -0.538. The van der Waals surface area contributed by atoms with Gasteiger partial charge < -0.3 is 9.47 Å². The van der Waals surface area contributed by atoms with Gasteiger partial charge >= 0.3 is 12.1 Å². The van der Waals surface area contributed by atoms with Crippen LogP contribution in [-0.4, -0.2) is 41.3 Å². The molecule has 102 valence electrons. The molecule has 5 heteroatoms. The fourth-order valence-electron chi connectivity index (χ4n) is 2.68. The van der Waals surface area contributed by atoms with Gasteiger partial charge in [-0.2, -0.15) is 0 Å². The molecule has 1 unspecified atom stereocenters. The highest BCUT2D eigenvalue weighted by Crippen LogP contribution is 2.46. The van der Waals surface area contributed by atoms with Crippen LogP contribution in [0.25, 0.3) is 0 Å². The molecule has 5 nitrogen and oxygen atoms in total. The molecule has 0 aromatic carbocycles. The molecular formula is C13H21NO4. The van der Waals surface area contributed by atoms with Crippen LogP contribution in [0.15, 0.2) is 0 Å². The van der Waals surface area contributed by atoms with Crippen LogP contribution in [0.5, 0.6) is 0 Å². The Balaban J connectivity index is 2.07. The standard InChI is InChI=1S/C13H21NO4/c1-5-17-11(15)10-8-6-9(7-8)14(10)12(16)18-13(2,3)4/h8-10H,5-7H2,1-4H3. The summed E-state index contributed by atoms with van der Waals surface area (Å²) < 4.78 is 10.4. The summed E-state index contributed by atoms with van der Waals surface area (Å²) in [4.78, 5) is 25.6. The number of esters is 1. The highest BCUT2D eigenvalue weighted by molar-refractivity contribution is 5.84. The molecule has 0 spiro atoms. The van der Waals surface area contributed by atoms with Crippen molar-refractivity contribution in [3.63, 3.8) is 0 Å². The average Bonchev–Trinajstić information content (AvgIpc) is 2.67. The van der Waals surface area contributed by atoms with Crippen molar-refractivity contribution in [2.45, 2.75) is 58.2 Å². The minimum atomic E-state index is -0.538. The van der Waals surface area contributed by atoms with Crippen molar-refractivity contribution in [1.82, 2.24) is 4.90 Å². The number of carbonyl (C=O) groups is 2. The summed E-state index contributed by atoms with van der Waals surface area (Å²) in [7, 11) is 0. The Labute approximate surface area is 107 Å². The molecule has 2 heterocycles. The number of ether oxygens (including phenoxy) is 2. The van der Waals surface area contributed by atoms with Gasteiger partial charge in [0, 0.05) is 6.04 Å². The van der Waals surface area contributed by atoms with E-state index < -0.39 is 17.7 Å². The van der Waals surface area contributed by atoms with E-state index >= 15 is 0 Å². The first-order valence-electron chi connectivity index (χ1n) is 6.51. The van der Waals surface area contributed by atoms with Crippen LogP contribution in [0, 0.1) is 5.92 Å². The molecule has 2 aliphatic heterocycles. The maximum Gasteiger partial charge on any atom is 0.411 e. The zero-order valence-corrected chi connectivity index (χ0v) is 11.4. The van der Waals surface area contributed by atoms with Gasteiger partial charge in [0.15, 0.2) is 0 Å². The fourth-order valence-corrected chi connectivity index (χ4v) is 2.68. The molecule has 2 saturated heterocycles. The Morgan fingerprint density at radius 3 is 2.39 bits per heavy atom. The predicted octanol–water partition coefficient (Wildman–Crippen LogP) is 1.95. The molecule has 3 aliphatic rings. The van der Waals surface area contributed by atoms with Crippen LogP contribution in [0.4, 0.5) is 4.79 Å². The van der Waals surface area contributed by atoms with E-state index in [2.05, 4.69) is 0 Å². The number of hydrogen-bond donors (Lipinski definition) is 0. The summed E-state index contributed by atoms with van der Waals surface area (Å²) >= 11 is 0. The molecule has 0 radical (unpaired) electrons. The maximum atomic E-state index is 12.1. The van der Waals surface area contributed by atoms with Crippen LogP contribution in [0.1, 0.15) is 40.5 Å². The van der Waals surface area contributed by atoms with Crippen LogP contribution < -0.4 is 0 Å². The quantitative estimate of drug-likeness (QED) is 0.708. The van der Waals surface area contributed by atoms with Crippen LogP contribution in [0.2, 0.25) is 0 Å². The zero-order chi connectivity index (χ0) is 13.5. The van der Waals surface area contributed by atoms with Crippen LogP contribution in [-0.2, 0) is 14.3 Å². The normalized spacial score (nSPS) is 29.8. The highest BCUT2D eigenvalue weighted by Gasteiger charge is 2.57. The second-order valence-corrected chi connectivity index (χ2v) is 5.97. The van der Waals surface area contributed by atoms with Crippen LogP contribution in [0.3, 0.4) is 0 Å². The van der Waals surface area contributed by atoms with E-state index in [1.165, 1.54) is 0 Å². The third kappa shape index (κ3) is 2.31. The minimum absolute atomic E-state index is 0.152. The van der Waals surface area contributed by atoms with Gasteiger partial charge in [-0.15, -0.1) is 0 Å². The lowest BCUT2D eigenvalue weighted by Gasteiger charge is -2.29. The summed E-state index contributed by atoms with van der Waals surface area (Å²) in [5, 5.41) is 0. The van der Waals surface area contributed by atoms with Gasteiger partial charge in [0.25, 0.3) is 0 Å². The molecule has 1 atom stereocenters.